The smallest absolute Gasteiger partial charge is 0.257 e. The highest BCUT2D eigenvalue weighted by Gasteiger charge is 2.24. The first-order chi connectivity index (χ1) is 7.18. The zero-order valence-electron chi connectivity index (χ0n) is 8.70. The van der Waals surface area contributed by atoms with Gasteiger partial charge in [-0.25, -0.2) is 0 Å². The van der Waals surface area contributed by atoms with Crippen molar-refractivity contribution in [1.29, 1.82) is 0 Å². The van der Waals surface area contributed by atoms with Crippen molar-refractivity contribution in [2.75, 3.05) is 13.1 Å². The number of nitrogens with zero attached hydrogens (tertiary/aromatic N) is 1. The van der Waals surface area contributed by atoms with Gasteiger partial charge in [0.15, 0.2) is 0 Å². The monoisotopic (exact) mass is 227 g/mol. The highest BCUT2D eigenvalue weighted by Crippen LogP contribution is 2.19. The summed E-state index contributed by atoms with van der Waals surface area (Å²) in [5, 5.41) is 0.222. The zero-order valence-corrected chi connectivity index (χ0v) is 9.46. The van der Waals surface area contributed by atoms with Crippen LogP contribution in [0.3, 0.4) is 0 Å². The highest BCUT2D eigenvalue weighted by molar-refractivity contribution is 6.20. The van der Waals surface area contributed by atoms with Crippen LogP contribution in [0.5, 0.6) is 0 Å². The molecule has 1 saturated heterocycles. The Kier molecular flexibility index (Phi) is 3.00. The number of hydrogen-bond donors (Lipinski definition) is 0. The minimum atomic E-state index is 0.0600. The van der Waals surface area contributed by atoms with Gasteiger partial charge in [-0.1, -0.05) is 0 Å². The van der Waals surface area contributed by atoms with Gasteiger partial charge in [0.2, 0.25) is 0 Å². The number of carbonyl (C=O) groups is 1. The van der Waals surface area contributed by atoms with E-state index >= 15 is 0 Å². The Morgan fingerprint density at radius 2 is 2.20 bits per heavy atom. The number of alkyl halides is 1. The fourth-order valence-corrected chi connectivity index (χ4v) is 2.02. The Morgan fingerprint density at radius 3 is 2.73 bits per heavy atom. The predicted octanol–water partition coefficient (Wildman–Crippen LogP) is 2.43. The molecule has 1 aromatic rings. The molecule has 0 aliphatic carbocycles. The van der Waals surface area contributed by atoms with Gasteiger partial charge in [0.25, 0.3) is 5.91 Å². The molecular formula is C11H14ClNO2. The minimum Gasteiger partial charge on any atom is -0.469 e. The first kappa shape index (κ1) is 10.6. The summed E-state index contributed by atoms with van der Waals surface area (Å²) in [6.07, 6.45) is 3.31. The highest BCUT2D eigenvalue weighted by atomic mass is 35.5. The summed E-state index contributed by atoms with van der Waals surface area (Å²) in [4.78, 5) is 13.9. The number of amides is 1. The van der Waals surface area contributed by atoms with E-state index in [2.05, 4.69) is 0 Å². The number of likely N-dealkylation sites (tertiary alicyclic amines) is 1. The van der Waals surface area contributed by atoms with Gasteiger partial charge in [-0.2, -0.15) is 0 Å². The summed E-state index contributed by atoms with van der Waals surface area (Å²) in [6, 6.07) is 1.73. The quantitative estimate of drug-likeness (QED) is 0.691. The summed E-state index contributed by atoms with van der Waals surface area (Å²) >= 11 is 5.99. The molecule has 1 aromatic heterocycles. The summed E-state index contributed by atoms with van der Waals surface area (Å²) in [7, 11) is 0. The molecule has 82 valence electrons. The zero-order chi connectivity index (χ0) is 10.8. The number of aryl methyl sites for hydroxylation is 1. The van der Waals surface area contributed by atoms with Crippen LogP contribution in [0.25, 0.3) is 0 Å². The molecule has 0 aromatic carbocycles. The largest absolute Gasteiger partial charge is 0.469 e. The summed E-state index contributed by atoms with van der Waals surface area (Å²) < 4.78 is 5.12. The first-order valence-corrected chi connectivity index (χ1v) is 5.59. The van der Waals surface area contributed by atoms with Crippen LogP contribution in [0.15, 0.2) is 16.7 Å². The Bertz CT molecular complexity index is 353. The van der Waals surface area contributed by atoms with Gasteiger partial charge in [0.1, 0.15) is 5.76 Å². The molecule has 1 fully saturated rings. The normalized spacial score (nSPS) is 18.1. The van der Waals surface area contributed by atoms with Crippen LogP contribution in [0.2, 0.25) is 0 Å². The van der Waals surface area contributed by atoms with Crippen LogP contribution < -0.4 is 0 Å². The van der Waals surface area contributed by atoms with Crippen molar-refractivity contribution in [3.63, 3.8) is 0 Å². The van der Waals surface area contributed by atoms with E-state index in [4.69, 9.17) is 16.0 Å². The van der Waals surface area contributed by atoms with E-state index in [1.807, 2.05) is 11.8 Å². The van der Waals surface area contributed by atoms with Gasteiger partial charge >= 0.3 is 0 Å². The third kappa shape index (κ3) is 2.17. The molecule has 0 N–H and O–H groups in total. The Labute approximate surface area is 94.0 Å². The molecular weight excluding hydrogens is 214 g/mol. The summed E-state index contributed by atoms with van der Waals surface area (Å²) in [5.74, 6) is 0.748. The average molecular weight is 228 g/mol. The SMILES string of the molecule is Cc1occc1C(=O)N1CCC(Cl)CC1. The molecule has 2 heterocycles. The molecule has 0 spiro atoms. The van der Waals surface area contributed by atoms with Crippen molar-refractivity contribution >= 4 is 17.5 Å². The van der Waals surface area contributed by atoms with Crippen LogP contribution in [-0.4, -0.2) is 29.3 Å². The Morgan fingerprint density at radius 1 is 1.53 bits per heavy atom. The minimum absolute atomic E-state index is 0.0600. The molecule has 0 unspecified atom stereocenters. The standard InChI is InChI=1S/C11H14ClNO2/c1-8-10(4-7-15-8)11(14)13-5-2-9(12)3-6-13/h4,7,9H,2-3,5-6H2,1H3. The third-order valence-corrected chi connectivity index (χ3v) is 3.24. The third-order valence-electron chi connectivity index (χ3n) is 2.80. The molecule has 0 atom stereocenters. The number of furan rings is 1. The van der Waals surface area contributed by atoms with Gasteiger partial charge in [0.05, 0.1) is 11.8 Å². The fraction of sp³-hybridized carbons (Fsp3) is 0.545. The number of halogens is 1. The van der Waals surface area contributed by atoms with Gasteiger partial charge in [0, 0.05) is 18.5 Å². The lowest BCUT2D eigenvalue weighted by atomic mass is 10.1. The molecule has 1 aliphatic heterocycles. The molecule has 1 aliphatic rings. The van der Waals surface area contributed by atoms with Crippen molar-refractivity contribution in [3.05, 3.63) is 23.7 Å². The van der Waals surface area contributed by atoms with E-state index in [1.54, 1.807) is 12.3 Å². The fourth-order valence-electron chi connectivity index (χ4n) is 1.83. The van der Waals surface area contributed by atoms with Crippen LogP contribution in [0.4, 0.5) is 0 Å². The van der Waals surface area contributed by atoms with E-state index in [9.17, 15) is 4.79 Å². The maximum Gasteiger partial charge on any atom is 0.257 e. The molecule has 0 bridgehead atoms. The molecule has 0 saturated carbocycles. The van der Waals surface area contributed by atoms with Crippen molar-refractivity contribution in [2.24, 2.45) is 0 Å². The van der Waals surface area contributed by atoms with Crippen molar-refractivity contribution in [2.45, 2.75) is 25.1 Å². The number of rotatable bonds is 1. The first-order valence-electron chi connectivity index (χ1n) is 5.16. The van der Waals surface area contributed by atoms with E-state index in [-0.39, 0.29) is 11.3 Å². The van der Waals surface area contributed by atoms with Gasteiger partial charge in [-0.3, -0.25) is 4.79 Å². The second-order valence-electron chi connectivity index (χ2n) is 3.86. The van der Waals surface area contributed by atoms with E-state index < -0.39 is 0 Å². The van der Waals surface area contributed by atoms with Gasteiger partial charge in [-0.15, -0.1) is 11.6 Å². The number of carbonyl (C=O) groups excluding carboxylic acids is 1. The summed E-state index contributed by atoms with van der Waals surface area (Å²) in [6.45, 7) is 3.30. The van der Waals surface area contributed by atoms with E-state index in [1.165, 1.54) is 0 Å². The van der Waals surface area contributed by atoms with Crippen molar-refractivity contribution in [1.82, 2.24) is 4.90 Å². The summed E-state index contributed by atoms with van der Waals surface area (Å²) in [5.41, 5.74) is 0.669. The number of piperidine rings is 1. The van der Waals surface area contributed by atoms with Crippen molar-refractivity contribution in [3.8, 4) is 0 Å². The Balaban J connectivity index is 2.06. The maximum absolute atomic E-state index is 12.0. The molecule has 4 heteroatoms. The lowest BCUT2D eigenvalue weighted by Gasteiger charge is -2.29. The van der Waals surface area contributed by atoms with Crippen LogP contribution >= 0.6 is 11.6 Å². The Hall–Kier alpha value is -0.960. The van der Waals surface area contributed by atoms with Crippen LogP contribution in [-0.2, 0) is 0 Å². The van der Waals surface area contributed by atoms with E-state index in [0.29, 0.717) is 11.3 Å². The van der Waals surface area contributed by atoms with E-state index in [0.717, 1.165) is 25.9 Å². The predicted molar refractivity (Wildman–Crippen MR) is 58.2 cm³/mol. The maximum atomic E-state index is 12.0. The lowest BCUT2D eigenvalue weighted by molar-refractivity contribution is 0.0724. The van der Waals surface area contributed by atoms with Gasteiger partial charge < -0.3 is 9.32 Å². The number of hydrogen-bond acceptors (Lipinski definition) is 2. The second kappa shape index (κ2) is 4.27. The molecule has 3 nitrogen and oxygen atoms in total. The van der Waals surface area contributed by atoms with Crippen LogP contribution in [0.1, 0.15) is 29.0 Å². The van der Waals surface area contributed by atoms with Gasteiger partial charge in [-0.05, 0) is 25.8 Å². The second-order valence-corrected chi connectivity index (χ2v) is 4.47. The molecule has 2 rings (SSSR count). The topological polar surface area (TPSA) is 33.5 Å². The molecule has 15 heavy (non-hydrogen) atoms. The van der Waals surface area contributed by atoms with Crippen molar-refractivity contribution < 1.29 is 9.21 Å². The lowest BCUT2D eigenvalue weighted by Crippen LogP contribution is -2.38. The molecule has 1 amide bonds. The van der Waals surface area contributed by atoms with Crippen LogP contribution in [0, 0.1) is 6.92 Å². The molecule has 0 radical (unpaired) electrons. The average Bonchev–Trinajstić information content (AvgIpc) is 2.65.